The molecule has 156 valence electrons. The molecule has 4 rings (SSSR count). The average molecular weight is 420 g/mol. The number of aromatic carboxylic acids is 1. The molecule has 3 aliphatic heterocycles. The summed E-state index contributed by atoms with van der Waals surface area (Å²) in [6.07, 6.45) is 2.58. The second-order valence-corrected chi connectivity index (χ2v) is 9.22. The van der Waals surface area contributed by atoms with Crippen LogP contribution in [-0.2, 0) is 11.2 Å². The van der Waals surface area contributed by atoms with E-state index in [1.165, 1.54) is 18.9 Å². The lowest BCUT2D eigenvalue weighted by Crippen LogP contribution is -2.42. The maximum absolute atomic E-state index is 12.7. The van der Waals surface area contributed by atoms with Crippen LogP contribution in [0.4, 0.5) is 0 Å². The van der Waals surface area contributed by atoms with E-state index in [2.05, 4.69) is 5.32 Å². The second-order valence-electron chi connectivity index (χ2n) is 7.99. The van der Waals surface area contributed by atoms with Crippen molar-refractivity contribution in [2.45, 2.75) is 24.4 Å². The number of nitrogens with one attached hydrogen (secondary N) is 1. The lowest BCUT2D eigenvalue weighted by Gasteiger charge is -2.29. The quantitative estimate of drug-likeness (QED) is 0.597. The highest BCUT2D eigenvalue weighted by Gasteiger charge is 2.43. The molecule has 1 spiro atoms. The van der Waals surface area contributed by atoms with E-state index < -0.39 is 13.1 Å². The summed E-state index contributed by atoms with van der Waals surface area (Å²) in [6, 6.07) is 3.34. The molecule has 0 bridgehead atoms. The normalized spacial score (nSPS) is 25.8. The van der Waals surface area contributed by atoms with Gasteiger partial charge in [-0.3, -0.25) is 4.79 Å². The van der Waals surface area contributed by atoms with Crippen molar-refractivity contribution in [3.63, 3.8) is 0 Å². The Kier molecular flexibility index (Phi) is 5.68. The number of fused-ring (bicyclic) bond motifs is 1. The number of benzene rings is 1. The summed E-state index contributed by atoms with van der Waals surface area (Å²) >= 11 is 1.36. The molecule has 2 fully saturated rings. The first kappa shape index (κ1) is 20.4. The van der Waals surface area contributed by atoms with Crippen molar-refractivity contribution in [1.82, 2.24) is 10.2 Å². The highest BCUT2D eigenvalue weighted by atomic mass is 32.2. The number of carbonyl (C=O) groups is 2. The van der Waals surface area contributed by atoms with Gasteiger partial charge in [0, 0.05) is 25.0 Å². The standard InChI is InChI=1S/C19H25BN2O6S/c1-27-13-3-2-12-8-14(20(26)28-17(12)16(13)18(24)25)29-9-15(23)22-7-5-19(11-22)4-6-21-10-19/h2-3,14,21,26H,4-11H2,1H3,(H,24,25)/t14-,19?/m0/s1. The lowest BCUT2D eigenvalue weighted by atomic mass is 9.77. The van der Waals surface area contributed by atoms with Crippen LogP contribution < -0.4 is 14.7 Å². The number of thioether (sulfide) groups is 1. The Morgan fingerprint density at radius 2 is 2.28 bits per heavy atom. The molecule has 1 aromatic rings. The number of carbonyl (C=O) groups excluding carboxylic acids is 1. The van der Waals surface area contributed by atoms with Gasteiger partial charge >= 0.3 is 13.1 Å². The number of hydrogen-bond donors (Lipinski definition) is 3. The van der Waals surface area contributed by atoms with Crippen LogP contribution in [0.15, 0.2) is 12.1 Å². The van der Waals surface area contributed by atoms with Gasteiger partial charge in [-0.2, -0.15) is 0 Å². The molecular weight excluding hydrogens is 395 g/mol. The summed E-state index contributed by atoms with van der Waals surface area (Å²) in [5.41, 5.74) is 0.839. The first-order valence-corrected chi connectivity index (χ1v) is 10.9. The van der Waals surface area contributed by atoms with Crippen molar-refractivity contribution < 1.29 is 29.1 Å². The summed E-state index contributed by atoms with van der Waals surface area (Å²) in [5.74, 6) is -0.489. The average Bonchev–Trinajstić information content (AvgIpc) is 3.35. The minimum absolute atomic E-state index is 0.0812. The van der Waals surface area contributed by atoms with E-state index in [1.54, 1.807) is 12.1 Å². The summed E-state index contributed by atoms with van der Waals surface area (Å²) in [5, 5.41) is 23.0. The van der Waals surface area contributed by atoms with Gasteiger partial charge in [0.1, 0.15) is 17.1 Å². The van der Waals surface area contributed by atoms with E-state index in [-0.39, 0.29) is 39.3 Å². The van der Waals surface area contributed by atoms with Crippen molar-refractivity contribution in [3.8, 4) is 11.5 Å². The summed E-state index contributed by atoms with van der Waals surface area (Å²) in [7, 11) is 0.205. The summed E-state index contributed by atoms with van der Waals surface area (Å²) in [4.78, 5) is 26.2. The lowest BCUT2D eigenvalue weighted by molar-refractivity contribution is -0.127. The van der Waals surface area contributed by atoms with Crippen LogP contribution in [0.5, 0.6) is 11.5 Å². The molecule has 0 aromatic heterocycles. The van der Waals surface area contributed by atoms with Gasteiger partial charge in [-0.15, -0.1) is 11.8 Å². The predicted molar refractivity (Wildman–Crippen MR) is 110 cm³/mol. The van der Waals surface area contributed by atoms with Crippen LogP contribution >= 0.6 is 11.8 Å². The van der Waals surface area contributed by atoms with Crippen LogP contribution in [0.2, 0.25) is 0 Å². The number of likely N-dealkylation sites (tertiary alicyclic amines) is 1. The maximum atomic E-state index is 12.7. The monoisotopic (exact) mass is 420 g/mol. The Balaban J connectivity index is 1.39. The molecule has 1 unspecified atom stereocenters. The molecule has 3 N–H and O–H groups in total. The van der Waals surface area contributed by atoms with E-state index in [0.717, 1.165) is 39.0 Å². The molecule has 3 aliphatic rings. The molecule has 0 saturated carbocycles. The molecule has 2 saturated heterocycles. The van der Waals surface area contributed by atoms with Crippen LogP contribution in [-0.4, -0.2) is 78.2 Å². The van der Waals surface area contributed by atoms with Crippen LogP contribution in [0.1, 0.15) is 28.8 Å². The van der Waals surface area contributed by atoms with Crippen LogP contribution in [0.25, 0.3) is 0 Å². The number of nitrogens with zero attached hydrogens (tertiary/aromatic N) is 1. The third-order valence-electron chi connectivity index (χ3n) is 6.16. The fourth-order valence-corrected chi connectivity index (χ4v) is 5.55. The van der Waals surface area contributed by atoms with Gasteiger partial charge in [0.15, 0.2) is 0 Å². The topological polar surface area (TPSA) is 108 Å². The minimum atomic E-state index is -1.19. The molecule has 0 radical (unpaired) electrons. The minimum Gasteiger partial charge on any atom is -0.534 e. The summed E-state index contributed by atoms with van der Waals surface area (Å²) < 4.78 is 10.7. The highest BCUT2D eigenvalue weighted by molar-refractivity contribution is 8.01. The molecule has 3 heterocycles. The number of carboxylic acid groups (broad SMARTS) is 1. The zero-order chi connectivity index (χ0) is 20.6. The van der Waals surface area contributed by atoms with E-state index in [1.807, 2.05) is 4.90 Å². The van der Waals surface area contributed by atoms with Crippen molar-refractivity contribution >= 4 is 30.8 Å². The fourth-order valence-electron chi connectivity index (χ4n) is 4.49. The van der Waals surface area contributed by atoms with Crippen molar-refractivity contribution in [2.24, 2.45) is 5.41 Å². The molecule has 8 nitrogen and oxygen atoms in total. The predicted octanol–water partition coefficient (Wildman–Crippen LogP) is 0.662. The Bertz CT molecular complexity index is 816. The van der Waals surface area contributed by atoms with E-state index in [9.17, 15) is 19.7 Å². The van der Waals surface area contributed by atoms with Gasteiger partial charge in [-0.25, -0.2) is 4.79 Å². The number of carboxylic acids is 1. The van der Waals surface area contributed by atoms with E-state index in [4.69, 9.17) is 9.39 Å². The number of amides is 1. The SMILES string of the molecule is COc1ccc2c(c1C(=O)O)OB(O)[C@@H](SCC(=O)N1CCC3(CCNC3)C1)C2. The van der Waals surface area contributed by atoms with Gasteiger partial charge in [-0.05, 0) is 37.4 Å². The van der Waals surface area contributed by atoms with Crippen molar-refractivity contribution in [3.05, 3.63) is 23.3 Å². The number of methoxy groups -OCH3 is 1. The maximum Gasteiger partial charge on any atom is 0.536 e. The molecule has 1 aromatic carbocycles. The number of hydrogen-bond acceptors (Lipinski definition) is 7. The molecule has 1 amide bonds. The first-order chi connectivity index (χ1) is 13.9. The third-order valence-corrected chi connectivity index (χ3v) is 7.40. The van der Waals surface area contributed by atoms with Gasteiger partial charge in [0.05, 0.1) is 18.0 Å². The van der Waals surface area contributed by atoms with Crippen LogP contribution in [0, 0.1) is 5.41 Å². The Labute approximate surface area is 174 Å². The van der Waals surface area contributed by atoms with E-state index >= 15 is 0 Å². The molecule has 10 heteroatoms. The zero-order valence-electron chi connectivity index (χ0n) is 16.3. The molecule has 2 atom stereocenters. The molecule has 29 heavy (non-hydrogen) atoms. The Hall–Kier alpha value is -1.91. The van der Waals surface area contributed by atoms with Gasteiger partial charge in [-0.1, -0.05) is 6.07 Å². The zero-order valence-corrected chi connectivity index (χ0v) is 17.2. The van der Waals surface area contributed by atoms with E-state index in [0.29, 0.717) is 12.0 Å². The van der Waals surface area contributed by atoms with Gasteiger partial charge in [0.2, 0.25) is 5.91 Å². The Morgan fingerprint density at radius 1 is 1.45 bits per heavy atom. The second kappa shape index (κ2) is 8.08. The Morgan fingerprint density at radius 3 is 2.97 bits per heavy atom. The van der Waals surface area contributed by atoms with Crippen molar-refractivity contribution in [1.29, 1.82) is 0 Å². The third kappa shape index (κ3) is 3.93. The first-order valence-electron chi connectivity index (χ1n) is 9.80. The molecular formula is C19H25BN2O6S. The number of ether oxygens (including phenoxy) is 1. The van der Waals surface area contributed by atoms with Crippen LogP contribution in [0.3, 0.4) is 0 Å². The molecule has 0 aliphatic carbocycles. The number of rotatable bonds is 5. The highest BCUT2D eigenvalue weighted by Crippen LogP contribution is 2.39. The van der Waals surface area contributed by atoms with Gasteiger partial charge < -0.3 is 29.7 Å². The summed E-state index contributed by atoms with van der Waals surface area (Å²) in [6.45, 7) is 3.58. The van der Waals surface area contributed by atoms with Gasteiger partial charge in [0.25, 0.3) is 0 Å². The fraction of sp³-hybridized carbons (Fsp3) is 0.579. The largest absolute Gasteiger partial charge is 0.536 e. The van der Waals surface area contributed by atoms with Crippen molar-refractivity contribution in [2.75, 3.05) is 39.0 Å². The smallest absolute Gasteiger partial charge is 0.534 e.